The molecule has 0 saturated carbocycles. The normalized spacial score (nSPS) is 13.8. The van der Waals surface area contributed by atoms with Gasteiger partial charge in [0.25, 0.3) is 0 Å². The molecular weight excluding hydrogens is 443 g/mol. The standard InChI is InChI=1S/C10H16OSi.C8H13Si.C3H6.2ClH.Ti/c1-8-5-9(11)7-10(6-8)12(2,3)4;1-9(2,3)8-6-4-5-7-8;1-3-2;;;/h5-7,11H,1-4H3;4,6H,5H2,1-3H3;1-2H3;2*1H;/q;;;;;+1/p-1. The van der Waals surface area contributed by atoms with Crippen LogP contribution in [0, 0.1) is 6.92 Å². The second-order valence-corrected chi connectivity index (χ2v) is 23.4. The van der Waals surface area contributed by atoms with E-state index in [0.29, 0.717) is 0 Å². The summed E-state index contributed by atoms with van der Waals surface area (Å²) < 4.78 is 9.93. The fourth-order valence-electron chi connectivity index (χ4n) is 3.25. The van der Waals surface area contributed by atoms with Gasteiger partial charge in [-0.3, -0.25) is 0 Å². The van der Waals surface area contributed by atoms with Crippen LogP contribution in [0.2, 0.25) is 39.3 Å². The van der Waals surface area contributed by atoms with E-state index >= 15 is 0 Å². The van der Waals surface area contributed by atoms with Crippen molar-refractivity contribution in [3.8, 4) is 5.75 Å². The van der Waals surface area contributed by atoms with Gasteiger partial charge in [0.15, 0.2) is 0 Å². The molecule has 0 spiro atoms. The summed E-state index contributed by atoms with van der Waals surface area (Å²) >= 11 is -1.88. The number of hydrogen-bond acceptors (Lipinski definition) is 1. The second-order valence-electron chi connectivity index (χ2n) is 9.46. The Morgan fingerprint density at radius 3 is 2.00 bits per heavy atom. The molecule has 152 valence electrons. The smallest absolute Gasteiger partial charge is 0.147 e. The van der Waals surface area contributed by atoms with Gasteiger partial charge in [0.05, 0.1) is 0 Å². The molecule has 0 aromatic heterocycles. The average molecular weight is 479 g/mol. The van der Waals surface area contributed by atoms with Gasteiger partial charge in [-0.1, -0.05) is 0 Å². The van der Waals surface area contributed by atoms with E-state index in [4.69, 9.17) is 3.32 Å². The molecule has 0 unspecified atom stereocenters. The van der Waals surface area contributed by atoms with Crippen LogP contribution in [0.4, 0.5) is 0 Å². The molecule has 1 nitrogen and oxygen atoms in total. The van der Waals surface area contributed by atoms with Gasteiger partial charge >= 0.3 is 163 Å². The van der Waals surface area contributed by atoms with Crippen LogP contribution in [-0.2, 0) is 17.8 Å². The Morgan fingerprint density at radius 1 is 0.926 bits per heavy atom. The summed E-state index contributed by atoms with van der Waals surface area (Å²) in [7, 11) is -2.65. The Balaban J connectivity index is 0.00000338. The van der Waals surface area contributed by atoms with Gasteiger partial charge in [-0.05, 0) is 0 Å². The van der Waals surface area contributed by atoms with E-state index in [1.807, 2.05) is 0 Å². The SMILES string of the molecule is C[C](C)=[Ti]([O]c1cc(C)cc([Si](C)(C)C)c1)[C]1=C([Si](C)(C)C)C=CC1.Cl.Cl. The summed E-state index contributed by atoms with van der Waals surface area (Å²) in [6.07, 6.45) is 5.85. The Kier molecular flexibility index (Phi) is 10.3. The quantitative estimate of drug-likeness (QED) is 0.433. The van der Waals surface area contributed by atoms with Crippen LogP contribution >= 0.6 is 24.8 Å². The van der Waals surface area contributed by atoms with Crippen LogP contribution in [0.1, 0.15) is 25.8 Å². The molecular formula is C21H36Cl2OSi2Ti. The number of hydrogen-bond donors (Lipinski definition) is 0. The fourth-order valence-corrected chi connectivity index (χ4v) is 11.3. The van der Waals surface area contributed by atoms with Gasteiger partial charge < -0.3 is 0 Å². The molecule has 0 aliphatic heterocycles. The van der Waals surface area contributed by atoms with Crippen molar-refractivity contribution >= 4 is 50.0 Å². The van der Waals surface area contributed by atoms with E-state index in [0.717, 1.165) is 12.2 Å². The van der Waals surface area contributed by atoms with Crippen molar-refractivity contribution in [3.63, 3.8) is 0 Å². The van der Waals surface area contributed by atoms with E-state index in [1.54, 1.807) is 9.07 Å². The predicted molar refractivity (Wildman–Crippen MR) is 130 cm³/mol. The average Bonchev–Trinajstić information content (AvgIpc) is 2.92. The third-order valence-electron chi connectivity index (χ3n) is 4.60. The zero-order valence-electron chi connectivity index (χ0n) is 18.3. The zero-order chi connectivity index (χ0) is 19.0. The van der Waals surface area contributed by atoms with Gasteiger partial charge in [-0.2, -0.15) is 0 Å². The van der Waals surface area contributed by atoms with Crippen LogP contribution < -0.4 is 8.51 Å². The first-order valence-corrected chi connectivity index (χ1v) is 18.5. The molecule has 1 aromatic rings. The largest absolute Gasteiger partial charge is 0.147 e. The predicted octanol–water partition coefficient (Wildman–Crippen LogP) is 6.60. The molecule has 0 amide bonds. The summed E-state index contributed by atoms with van der Waals surface area (Å²) in [5.41, 5.74) is 1.32. The molecule has 0 heterocycles. The zero-order valence-corrected chi connectivity index (χ0v) is 23.5. The topological polar surface area (TPSA) is 9.23 Å². The van der Waals surface area contributed by atoms with Gasteiger partial charge in [0, 0.05) is 0 Å². The van der Waals surface area contributed by atoms with Crippen molar-refractivity contribution < 1.29 is 21.1 Å². The summed E-state index contributed by atoms with van der Waals surface area (Å²) in [5.74, 6) is 1.10. The van der Waals surface area contributed by atoms with Crippen LogP contribution in [-0.4, -0.2) is 20.0 Å². The third-order valence-corrected chi connectivity index (χ3v) is 12.8. The Bertz CT molecular complexity index is 765. The monoisotopic (exact) mass is 478 g/mol. The van der Waals surface area contributed by atoms with E-state index in [9.17, 15) is 0 Å². The van der Waals surface area contributed by atoms with Crippen molar-refractivity contribution in [2.75, 3.05) is 0 Å². The molecule has 0 atom stereocenters. The van der Waals surface area contributed by atoms with Crippen molar-refractivity contribution in [1.29, 1.82) is 0 Å². The number of halogens is 2. The molecule has 1 aliphatic carbocycles. The first-order chi connectivity index (χ1) is 11.4. The van der Waals surface area contributed by atoms with Crippen molar-refractivity contribution in [3.05, 3.63) is 45.0 Å². The number of benzene rings is 1. The molecule has 0 N–H and O–H groups in total. The molecule has 0 radical (unpaired) electrons. The minimum atomic E-state index is -1.88. The molecule has 6 heteroatoms. The second kappa shape index (κ2) is 10.2. The van der Waals surface area contributed by atoms with E-state index in [2.05, 4.69) is 90.4 Å². The molecule has 2 rings (SSSR count). The van der Waals surface area contributed by atoms with Gasteiger partial charge in [-0.15, -0.1) is 24.8 Å². The Labute approximate surface area is 187 Å². The van der Waals surface area contributed by atoms with Crippen LogP contribution in [0.3, 0.4) is 0 Å². The molecule has 1 aromatic carbocycles. The molecule has 1 aliphatic rings. The summed E-state index contributed by atoms with van der Waals surface area (Å²) in [4.78, 5) is 0. The molecule has 0 bridgehead atoms. The maximum atomic E-state index is 6.78. The minimum absolute atomic E-state index is 0. The number of allylic oxidation sites excluding steroid dienone is 4. The Hall–Kier alpha value is 0.0981. The van der Waals surface area contributed by atoms with Gasteiger partial charge in [-0.25, -0.2) is 0 Å². The van der Waals surface area contributed by atoms with Crippen LogP contribution in [0.5, 0.6) is 5.75 Å². The fraction of sp³-hybridized carbons (Fsp3) is 0.476. The molecule has 27 heavy (non-hydrogen) atoms. The van der Waals surface area contributed by atoms with Gasteiger partial charge in [0.2, 0.25) is 0 Å². The van der Waals surface area contributed by atoms with Crippen molar-refractivity contribution in [2.45, 2.75) is 66.5 Å². The molecule has 0 saturated heterocycles. The maximum Gasteiger partial charge on any atom is -0.147 e. The van der Waals surface area contributed by atoms with Crippen LogP contribution in [0.15, 0.2) is 39.4 Å². The van der Waals surface area contributed by atoms with Crippen molar-refractivity contribution in [2.24, 2.45) is 0 Å². The van der Waals surface area contributed by atoms with E-state index < -0.39 is 33.9 Å². The first kappa shape index (κ1) is 27.1. The number of aryl methyl sites for hydroxylation is 1. The van der Waals surface area contributed by atoms with Gasteiger partial charge in [0.1, 0.15) is 0 Å². The number of rotatable bonds is 5. The Morgan fingerprint density at radius 2 is 1.52 bits per heavy atom. The van der Waals surface area contributed by atoms with Crippen LogP contribution in [0.25, 0.3) is 0 Å². The minimum Gasteiger partial charge on any atom is -0.147 e. The van der Waals surface area contributed by atoms with E-state index in [1.165, 1.54) is 14.6 Å². The summed E-state index contributed by atoms with van der Waals surface area (Å²) in [6, 6.07) is 6.91. The first-order valence-electron chi connectivity index (χ1n) is 9.27. The maximum absolute atomic E-state index is 6.78. The summed E-state index contributed by atoms with van der Waals surface area (Å²) in [5, 5.41) is 3.14. The summed E-state index contributed by atoms with van der Waals surface area (Å²) in [6.45, 7) is 21.3. The third kappa shape index (κ3) is 7.13. The molecule has 0 fully saturated rings. The van der Waals surface area contributed by atoms with E-state index in [-0.39, 0.29) is 24.8 Å². The van der Waals surface area contributed by atoms with Crippen molar-refractivity contribution in [1.82, 2.24) is 0 Å².